The van der Waals surface area contributed by atoms with Crippen molar-refractivity contribution in [2.45, 2.75) is 32.2 Å². The second-order valence-electron chi connectivity index (χ2n) is 8.75. The molecule has 1 N–H and O–H groups in total. The number of fused-ring (bicyclic) bond motifs is 1. The van der Waals surface area contributed by atoms with Gasteiger partial charge in [-0.15, -0.1) is 0 Å². The fourth-order valence-corrected chi connectivity index (χ4v) is 4.67. The van der Waals surface area contributed by atoms with Gasteiger partial charge in [0.15, 0.2) is 5.11 Å². The lowest BCUT2D eigenvalue weighted by atomic mass is 9.99. The predicted octanol–water partition coefficient (Wildman–Crippen LogP) is 4.46. The molecule has 4 rings (SSSR count). The summed E-state index contributed by atoms with van der Waals surface area (Å²) in [5.74, 6) is -3.82. The van der Waals surface area contributed by atoms with Gasteiger partial charge in [-0.2, -0.15) is 19.0 Å². The van der Waals surface area contributed by atoms with Gasteiger partial charge >= 0.3 is 6.01 Å². The Bertz CT molecular complexity index is 1470. The Kier molecular flexibility index (Phi) is 6.90. The Morgan fingerprint density at radius 1 is 1.24 bits per heavy atom. The number of halogens is 2. The van der Waals surface area contributed by atoms with Crippen molar-refractivity contribution in [1.29, 1.82) is 5.26 Å². The van der Waals surface area contributed by atoms with Crippen LogP contribution in [0.4, 0.5) is 20.2 Å². The van der Waals surface area contributed by atoms with Gasteiger partial charge < -0.3 is 14.7 Å². The number of hydrogen-bond donors (Lipinski definition) is 1. The zero-order valence-electron chi connectivity index (χ0n) is 20.3. The van der Waals surface area contributed by atoms with E-state index in [0.717, 1.165) is 6.07 Å². The normalized spacial score (nSPS) is 15.6. The highest BCUT2D eigenvalue weighted by Gasteiger charge is 2.50. The minimum atomic E-state index is -3.41. The van der Waals surface area contributed by atoms with Gasteiger partial charge in [0.2, 0.25) is 0 Å². The van der Waals surface area contributed by atoms with E-state index in [2.05, 4.69) is 9.97 Å². The van der Waals surface area contributed by atoms with E-state index < -0.39 is 22.9 Å². The highest BCUT2D eigenvalue weighted by Crippen LogP contribution is 2.40. The van der Waals surface area contributed by atoms with E-state index >= 15 is 0 Å². The van der Waals surface area contributed by atoms with Crippen LogP contribution >= 0.6 is 12.2 Å². The van der Waals surface area contributed by atoms with Crippen LogP contribution in [-0.2, 0) is 10.7 Å². The van der Waals surface area contributed by atoms with Crippen LogP contribution in [0.2, 0.25) is 0 Å². The molecular formula is C26H23F2N5O3S. The molecule has 0 aliphatic carbocycles. The molecule has 2 heterocycles. The van der Waals surface area contributed by atoms with Crippen LogP contribution in [0.3, 0.4) is 0 Å². The zero-order chi connectivity index (χ0) is 27.0. The molecule has 190 valence electrons. The van der Waals surface area contributed by atoms with Gasteiger partial charge in [-0.3, -0.25) is 9.69 Å². The van der Waals surface area contributed by atoms with Crippen molar-refractivity contribution >= 4 is 45.5 Å². The fourth-order valence-electron chi connectivity index (χ4n) is 4.15. The van der Waals surface area contributed by atoms with Gasteiger partial charge in [-0.25, -0.2) is 4.98 Å². The molecule has 0 spiro atoms. The summed E-state index contributed by atoms with van der Waals surface area (Å²) in [6.45, 7) is 4.73. The molecule has 0 saturated carbocycles. The Morgan fingerprint density at radius 2 is 1.97 bits per heavy atom. The number of alkyl halides is 2. The first-order chi connectivity index (χ1) is 17.5. The molecule has 1 aliphatic rings. The van der Waals surface area contributed by atoms with Crippen LogP contribution in [-0.4, -0.2) is 44.8 Å². The first-order valence-corrected chi connectivity index (χ1v) is 11.7. The molecular weight excluding hydrogens is 500 g/mol. The van der Waals surface area contributed by atoms with Crippen LogP contribution < -0.4 is 14.5 Å². The first-order valence-electron chi connectivity index (χ1n) is 11.3. The first kappa shape index (κ1) is 26.1. The number of aliphatic hydroxyl groups is 1. The molecule has 1 amide bonds. The summed E-state index contributed by atoms with van der Waals surface area (Å²) < 4.78 is 34.8. The number of allylic oxidation sites excluding steroid dienone is 2. The van der Waals surface area contributed by atoms with Gasteiger partial charge in [0.25, 0.3) is 11.8 Å². The molecule has 2 aromatic carbocycles. The van der Waals surface area contributed by atoms with Gasteiger partial charge in [-0.1, -0.05) is 6.08 Å². The van der Waals surface area contributed by atoms with E-state index in [1.165, 1.54) is 30.0 Å². The molecule has 0 unspecified atom stereocenters. The van der Waals surface area contributed by atoms with Crippen LogP contribution in [0.25, 0.3) is 10.9 Å². The third-order valence-corrected chi connectivity index (χ3v) is 6.27. The second kappa shape index (κ2) is 9.80. The van der Waals surface area contributed by atoms with Gasteiger partial charge in [-0.05, 0) is 75.5 Å². The van der Waals surface area contributed by atoms with E-state index in [1.54, 1.807) is 49.2 Å². The molecule has 0 atom stereocenters. The van der Waals surface area contributed by atoms with Crippen molar-refractivity contribution in [2.24, 2.45) is 0 Å². The minimum absolute atomic E-state index is 0.0650. The maximum atomic E-state index is 14.8. The van der Waals surface area contributed by atoms with Crippen LogP contribution in [0.15, 0.2) is 54.7 Å². The van der Waals surface area contributed by atoms with Crippen molar-refractivity contribution in [3.8, 4) is 12.1 Å². The maximum absolute atomic E-state index is 14.8. The summed E-state index contributed by atoms with van der Waals surface area (Å²) >= 11 is 5.68. The molecule has 1 aliphatic heterocycles. The van der Waals surface area contributed by atoms with E-state index in [1.807, 2.05) is 0 Å². The number of carbonyl (C=O) groups is 1. The highest BCUT2D eigenvalue weighted by molar-refractivity contribution is 7.81. The molecule has 1 saturated heterocycles. The summed E-state index contributed by atoms with van der Waals surface area (Å²) in [5.41, 5.74) is -0.550. The number of thiocarbonyl (C=S) groups is 1. The maximum Gasteiger partial charge on any atom is 0.316 e. The third kappa shape index (κ3) is 4.61. The Labute approximate surface area is 217 Å². The Balaban J connectivity index is 1.75. The average Bonchev–Trinajstić information content (AvgIpc) is 3.05. The van der Waals surface area contributed by atoms with Crippen LogP contribution in [0.1, 0.15) is 31.9 Å². The minimum Gasteiger partial charge on any atom is -0.461 e. The molecule has 3 aromatic rings. The summed E-state index contributed by atoms with van der Waals surface area (Å²) in [7, 11) is 0. The monoisotopic (exact) mass is 523 g/mol. The van der Waals surface area contributed by atoms with Crippen molar-refractivity contribution in [2.75, 3.05) is 23.0 Å². The fraction of sp³-hybridized carbons (Fsp3) is 0.269. The molecule has 1 aromatic heterocycles. The largest absolute Gasteiger partial charge is 0.461 e. The Morgan fingerprint density at radius 3 is 2.65 bits per heavy atom. The lowest BCUT2D eigenvalue weighted by molar-refractivity contribution is -0.120. The molecule has 1 fully saturated rings. The molecule has 0 bridgehead atoms. The molecule has 8 nitrogen and oxygen atoms in total. The lowest BCUT2D eigenvalue weighted by Crippen LogP contribution is -2.44. The van der Waals surface area contributed by atoms with Gasteiger partial charge in [0.05, 0.1) is 29.4 Å². The smallest absolute Gasteiger partial charge is 0.316 e. The van der Waals surface area contributed by atoms with E-state index in [0.29, 0.717) is 22.7 Å². The van der Waals surface area contributed by atoms with E-state index in [-0.39, 0.29) is 35.6 Å². The summed E-state index contributed by atoms with van der Waals surface area (Å²) in [5, 5.41) is 19.1. The Hall–Kier alpha value is -4.01. The predicted molar refractivity (Wildman–Crippen MR) is 139 cm³/mol. The number of aromatic nitrogens is 2. The number of carbonyl (C=O) groups excluding carboxylic acids is 1. The van der Waals surface area contributed by atoms with E-state index in [4.69, 9.17) is 22.1 Å². The number of rotatable bonds is 7. The quantitative estimate of drug-likeness (QED) is 0.358. The van der Waals surface area contributed by atoms with Gasteiger partial charge in [0, 0.05) is 22.8 Å². The van der Waals surface area contributed by atoms with Crippen molar-refractivity contribution in [3.63, 3.8) is 0 Å². The van der Waals surface area contributed by atoms with Crippen molar-refractivity contribution < 1.29 is 23.4 Å². The average molecular weight is 524 g/mol. The van der Waals surface area contributed by atoms with Crippen LogP contribution in [0.5, 0.6) is 6.01 Å². The summed E-state index contributed by atoms with van der Waals surface area (Å²) in [4.78, 5) is 24.8. The lowest BCUT2D eigenvalue weighted by Gasteiger charge is -2.29. The zero-order valence-corrected chi connectivity index (χ0v) is 21.1. The highest BCUT2D eigenvalue weighted by atomic mass is 32.1. The summed E-state index contributed by atoms with van der Waals surface area (Å²) in [6.07, 6.45) is 3.46. The number of anilines is 2. The molecule has 37 heavy (non-hydrogen) atoms. The number of nitriles is 1. The summed E-state index contributed by atoms with van der Waals surface area (Å²) in [6, 6.07) is 11.0. The molecule has 0 radical (unpaired) electrons. The standard InChI is InChI=1S/C26H23F2N5O3S/c1-4-9-26(27,28)20-13-18(6-5-16(20)14-29)32-22(35)25(2,3)33(24(32)37)19-7-8-21-17(12-19)15-30-23(31-21)36-11-10-34/h4-9,12-13,15,34H,10-11H2,1-3H3/b9-4+. The van der Waals surface area contributed by atoms with Crippen molar-refractivity contribution in [1.82, 2.24) is 9.97 Å². The number of aliphatic hydroxyl groups excluding tert-OH is 1. The number of amides is 1. The van der Waals surface area contributed by atoms with Crippen LogP contribution in [0, 0.1) is 11.3 Å². The van der Waals surface area contributed by atoms with Crippen molar-refractivity contribution in [3.05, 3.63) is 65.9 Å². The third-order valence-electron chi connectivity index (χ3n) is 5.91. The second-order valence-corrected chi connectivity index (χ2v) is 9.12. The van der Waals surface area contributed by atoms with Gasteiger partial charge in [0.1, 0.15) is 12.1 Å². The number of nitrogens with zero attached hydrogens (tertiary/aromatic N) is 5. The number of ether oxygens (including phenoxy) is 1. The van der Waals surface area contributed by atoms with E-state index in [9.17, 15) is 18.8 Å². The topological polar surface area (TPSA) is 103 Å². The molecule has 11 heteroatoms. The SMILES string of the molecule is C/C=C/C(F)(F)c1cc(N2C(=O)C(C)(C)N(c3ccc4nc(OCCO)ncc4c3)C2=S)ccc1C#N. The number of hydrogen-bond acceptors (Lipinski definition) is 7. The number of benzene rings is 2.